The van der Waals surface area contributed by atoms with E-state index in [9.17, 15) is 8.42 Å². The standard InChI is InChI=1S/C29H30N6O3S2/c1-19-16-22(4-3-12-30)17-20(2)26(19)38-28-27-25(11-15-39-27)33-29(34-28)32-23-9-13-35(14-10-23)18-21-5-7-24(8-6-21)40(31,36)37/h3-8,11,15-17,23H,9-10,13-14,18H2,1-2H3,(H2,31,36,37)(H,32,33,34)/b4-3+. The first kappa shape index (κ1) is 27.7. The van der Waals surface area contributed by atoms with E-state index in [4.69, 9.17) is 25.1 Å². The van der Waals surface area contributed by atoms with Crippen LogP contribution in [0.1, 0.15) is 35.1 Å². The second kappa shape index (κ2) is 11.7. The van der Waals surface area contributed by atoms with Crippen LogP contribution in [0.15, 0.2) is 58.8 Å². The summed E-state index contributed by atoms with van der Waals surface area (Å²) in [7, 11) is -3.68. The highest BCUT2D eigenvalue weighted by Crippen LogP contribution is 2.36. The van der Waals surface area contributed by atoms with Gasteiger partial charge in [0.1, 0.15) is 10.4 Å². The molecule has 3 N–H and O–H groups in total. The third kappa shape index (κ3) is 6.48. The molecule has 206 valence electrons. The Hall–Kier alpha value is -3.82. The van der Waals surface area contributed by atoms with Gasteiger partial charge in [-0.1, -0.05) is 12.1 Å². The lowest BCUT2D eigenvalue weighted by molar-refractivity contribution is 0.211. The Bertz CT molecular complexity index is 1680. The zero-order valence-electron chi connectivity index (χ0n) is 22.3. The average Bonchev–Trinajstić information content (AvgIpc) is 3.39. The number of rotatable bonds is 8. The first-order valence-corrected chi connectivity index (χ1v) is 15.3. The van der Waals surface area contributed by atoms with Gasteiger partial charge >= 0.3 is 0 Å². The molecule has 3 heterocycles. The van der Waals surface area contributed by atoms with Crippen LogP contribution in [-0.2, 0) is 16.6 Å². The molecule has 0 spiro atoms. The van der Waals surface area contributed by atoms with Crippen molar-refractivity contribution in [3.8, 4) is 17.7 Å². The van der Waals surface area contributed by atoms with Crippen molar-refractivity contribution in [2.75, 3.05) is 18.4 Å². The summed E-state index contributed by atoms with van der Waals surface area (Å²) < 4.78 is 30.3. The Kier molecular flexibility index (Phi) is 8.14. The van der Waals surface area contributed by atoms with E-state index in [0.29, 0.717) is 11.8 Å². The molecule has 0 aliphatic carbocycles. The Labute approximate surface area is 238 Å². The van der Waals surface area contributed by atoms with Crippen molar-refractivity contribution >= 4 is 43.6 Å². The van der Waals surface area contributed by atoms with E-state index in [1.54, 1.807) is 29.5 Å². The van der Waals surface area contributed by atoms with Crippen LogP contribution in [0.25, 0.3) is 16.3 Å². The first-order chi connectivity index (χ1) is 19.2. The van der Waals surface area contributed by atoms with Crippen molar-refractivity contribution in [2.45, 2.75) is 44.2 Å². The van der Waals surface area contributed by atoms with E-state index in [1.807, 2.05) is 55.6 Å². The van der Waals surface area contributed by atoms with Crippen molar-refractivity contribution in [3.63, 3.8) is 0 Å². The van der Waals surface area contributed by atoms with Gasteiger partial charge in [-0.3, -0.25) is 4.90 Å². The molecule has 0 amide bonds. The molecule has 1 saturated heterocycles. The highest BCUT2D eigenvalue weighted by atomic mass is 32.2. The largest absolute Gasteiger partial charge is 0.437 e. The highest BCUT2D eigenvalue weighted by Gasteiger charge is 2.22. The minimum Gasteiger partial charge on any atom is -0.437 e. The van der Waals surface area contributed by atoms with E-state index in [0.717, 1.165) is 70.7 Å². The molecule has 0 unspecified atom stereocenters. The summed E-state index contributed by atoms with van der Waals surface area (Å²) in [6.45, 7) is 6.50. The number of thiophene rings is 1. The van der Waals surface area contributed by atoms with Gasteiger partial charge in [-0.2, -0.15) is 10.2 Å². The number of nitrogens with two attached hydrogens (primary N) is 1. The Morgan fingerprint density at radius 1 is 1.15 bits per heavy atom. The number of nitrogens with one attached hydrogen (secondary N) is 1. The van der Waals surface area contributed by atoms with Crippen LogP contribution < -0.4 is 15.2 Å². The third-order valence-corrected chi connectivity index (χ3v) is 8.70. The zero-order valence-corrected chi connectivity index (χ0v) is 23.9. The molecule has 1 fully saturated rings. The van der Waals surface area contributed by atoms with Gasteiger partial charge in [-0.15, -0.1) is 11.3 Å². The number of piperidine rings is 1. The number of aromatic nitrogens is 2. The molecule has 2 aromatic heterocycles. The summed E-state index contributed by atoms with van der Waals surface area (Å²) >= 11 is 1.55. The molecule has 40 heavy (non-hydrogen) atoms. The number of benzene rings is 2. The first-order valence-electron chi connectivity index (χ1n) is 12.9. The maximum Gasteiger partial charge on any atom is 0.242 e. The van der Waals surface area contributed by atoms with Crippen LogP contribution in [0.4, 0.5) is 5.95 Å². The fraction of sp³-hybridized carbons (Fsp3) is 0.276. The molecule has 1 aliphatic rings. The summed E-state index contributed by atoms with van der Waals surface area (Å²) in [5.74, 6) is 1.81. The van der Waals surface area contributed by atoms with E-state index in [1.165, 1.54) is 6.08 Å². The predicted octanol–water partition coefficient (Wildman–Crippen LogP) is 5.36. The molecular formula is C29H30N6O3S2. The van der Waals surface area contributed by atoms with Crippen LogP contribution >= 0.6 is 11.3 Å². The van der Waals surface area contributed by atoms with Crippen LogP contribution in [0, 0.1) is 25.2 Å². The molecule has 0 radical (unpaired) electrons. The van der Waals surface area contributed by atoms with Crippen molar-refractivity contribution in [2.24, 2.45) is 5.14 Å². The molecular weight excluding hydrogens is 544 g/mol. The van der Waals surface area contributed by atoms with Crippen LogP contribution in [-0.4, -0.2) is 42.4 Å². The zero-order chi connectivity index (χ0) is 28.3. The smallest absolute Gasteiger partial charge is 0.242 e. The van der Waals surface area contributed by atoms with E-state index in [-0.39, 0.29) is 10.9 Å². The summed E-state index contributed by atoms with van der Waals surface area (Å²) in [5, 5.41) is 19.5. The average molecular weight is 575 g/mol. The maximum atomic E-state index is 11.5. The van der Waals surface area contributed by atoms with Gasteiger partial charge in [-0.05, 0) is 90.7 Å². The number of primary sulfonamides is 1. The van der Waals surface area contributed by atoms with Gasteiger partial charge in [0, 0.05) is 31.8 Å². The summed E-state index contributed by atoms with van der Waals surface area (Å²) in [6, 6.07) is 14.9. The fourth-order valence-corrected chi connectivity index (χ4v) is 6.17. The summed E-state index contributed by atoms with van der Waals surface area (Å²) in [5.41, 5.74) is 4.75. The van der Waals surface area contributed by atoms with E-state index in [2.05, 4.69) is 10.2 Å². The number of nitrogens with zero attached hydrogens (tertiary/aromatic N) is 4. The molecule has 9 nitrogen and oxygen atoms in total. The van der Waals surface area contributed by atoms with Crippen molar-refractivity contribution < 1.29 is 13.2 Å². The van der Waals surface area contributed by atoms with Gasteiger partial charge in [0.2, 0.25) is 21.9 Å². The second-order valence-electron chi connectivity index (χ2n) is 9.92. The quantitative estimate of drug-likeness (QED) is 0.269. The maximum absolute atomic E-state index is 11.5. The number of likely N-dealkylation sites (tertiary alicyclic amines) is 1. The summed E-state index contributed by atoms with van der Waals surface area (Å²) in [6.07, 6.45) is 5.09. The molecule has 2 aromatic carbocycles. The van der Waals surface area contributed by atoms with Gasteiger partial charge < -0.3 is 10.1 Å². The van der Waals surface area contributed by atoms with Crippen LogP contribution in [0.3, 0.4) is 0 Å². The number of anilines is 1. The number of hydrogen-bond donors (Lipinski definition) is 2. The van der Waals surface area contributed by atoms with Crippen LogP contribution in [0.5, 0.6) is 11.6 Å². The molecule has 1 aliphatic heterocycles. The van der Waals surface area contributed by atoms with E-state index >= 15 is 0 Å². The Morgan fingerprint density at radius 2 is 1.85 bits per heavy atom. The van der Waals surface area contributed by atoms with Crippen molar-refractivity contribution in [1.82, 2.24) is 14.9 Å². The predicted molar refractivity (Wildman–Crippen MR) is 158 cm³/mol. The van der Waals surface area contributed by atoms with Gasteiger partial charge in [0.15, 0.2) is 0 Å². The number of fused-ring (bicyclic) bond motifs is 1. The number of allylic oxidation sites excluding steroid dienone is 1. The number of aryl methyl sites for hydroxylation is 2. The van der Waals surface area contributed by atoms with Crippen molar-refractivity contribution in [3.05, 3.63) is 76.2 Å². The van der Waals surface area contributed by atoms with Crippen LogP contribution in [0.2, 0.25) is 0 Å². The normalized spacial score (nSPS) is 14.9. The highest BCUT2D eigenvalue weighted by molar-refractivity contribution is 7.89. The minimum absolute atomic E-state index is 0.125. The Morgan fingerprint density at radius 3 is 2.50 bits per heavy atom. The molecule has 4 aromatic rings. The SMILES string of the molecule is Cc1cc(/C=C/C#N)cc(C)c1Oc1nc(NC2CCN(Cc3ccc(S(N)(=O)=O)cc3)CC2)nc2ccsc12. The number of ether oxygens (including phenoxy) is 1. The van der Waals surface area contributed by atoms with E-state index < -0.39 is 10.0 Å². The van der Waals surface area contributed by atoms with Gasteiger partial charge in [0.25, 0.3) is 0 Å². The fourth-order valence-electron chi connectivity index (χ4n) is 4.90. The number of nitriles is 1. The number of sulfonamides is 1. The van der Waals surface area contributed by atoms with Gasteiger partial charge in [0.05, 0.1) is 16.5 Å². The van der Waals surface area contributed by atoms with Crippen molar-refractivity contribution in [1.29, 1.82) is 5.26 Å². The molecule has 0 bridgehead atoms. The lowest BCUT2D eigenvalue weighted by atomic mass is 10.0. The third-order valence-electron chi connectivity index (χ3n) is 6.88. The monoisotopic (exact) mass is 574 g/mol. The summed E-state index contributed by atoms with van der Waals surface area (Å²) in [4.78, 5) is 12.0. The molecule has 0 atom stereocenters. The lowest BCUT2D eigenvalue weighted by Crippen LogP contribution is -2.39. The number of hydrogen-bond acceptors (Lipinski definition) is 9. The Balaban J connectivity index is 1.26. The molecule has 5 rings (SSSR count). The topological polar surface area (TPSA) is 134 Å². The second-order valence-corrected chi connectivity index (χ2v) is 12.4. The lowest BCUT2D eigenvalue weighted by Gasteiger charge is -2.32. The minimum atomic E-state index is -3.68. The van der Waals surface area contributed by atoms with Gasteiger partial charge in [-0.25, -0.2) is 18.5 Å². The molecule has 11 heteroatoms. The molecule has 0 saturated carbocycles.